The largest absolute Gasteiger partial charge is 0.588 e. The molecule has 7 heteroatoms. The summed E-state index contributed by atoms with van der Waals surface area (Å²) in [4.78, 5) is 0. The van der Waals surface area contributed by atoms with Crippen LogP contribution in [0.5, 0.6) is 0 Å². The van der Waals surface area contributed by atoms with Gasteiger partial charge in [-0.2, -0.15) is 0 Å². The summed E-state index contributed by atoms with van der Waals surface area (Å²) in [5, 5.41) is 5.70. The monoisotopic (exact) mass is 285 g/mol. The Labute approximate surface area is 116 Å². The van der Waals surface area contributed by atoms with Crippen LogP contribution >= 0.6 is 0 Å². The lowest BCUT2D eigenvalue weighted by Crippen LogP contribution is -2.62. The van der Waals surface area contributed by atoms with Crippen LogP contribution in [0.1, 0.15) is 0 Å². The minimum atomic E-state index is -3.08. The van der Waals surface area contributed by atoms with Crippen molar-refractivity contribution in [3.63, 3.8) is 0 Å². The number of hydrogen-bond acceptors (Lipinski definition) is 6. The van der Waals surface area contributed by atoms with E-state index in [0.717, 1.165) is 5.19 Å². The van der Waals surface area contributed by atoms with Gasteiger partial charge in [-0.05, 0) is 0 Å². The van der Waals surface area contributed by atoms with Gasteiger partial charge < -0.3 is 0 Å². The van der Waals surface area contributed by atoms with Gasteiger partial charge in [-0.15, -0.1) is 0 Å². The summed E-state index contributed by atoms with van der Waals surface area (Å²) in [5.74, 6) is 0. The minimum absolute atomic E-state index is 0.895. The van der Waals surface area contributed by atoms with Crippen LogP contribution in [0.25, 0.3) is 0 Å². The van der Waals surface area contributed by atoms with E-state index < -0.39 is 8.80 Å². The highest BCUT2D eigenvalue weighted by atomic mass is 28.4. The second-order valence-electron chi connectivity index (χ2n) is 4.63. The highest BCUT2D eigenvalue weighted by Gasteiger charge is 2.49. The first-order chi connectivity index (χ1) is 8.85. The summed E-state index contributed by atoms with van der Waals surface area (Å²) in [7, 11) is 7.77. The first kappa shape index (κ1) is 16.3. The maximum atomic E-state index is 5.89. The Balaban J connectivity index is 3.16. The van der Waals surface area contributed by atoms with Gasteiger partial charge >= 0.3 is 8.80 Å². The second-order valence-corrected chi connectivity index (χ2v) is 6.87. The lowest BCUT2D eigenvalue weighted by atomic mass is 10.4. The quantitative estimate of drug-likeness (QED) is 0.530. The van der Waals surface area contributed by atoms with Gasteiger partial charge in [0, 0.05) is 47.5 Å². The van der Waals surface area contributed by atoms with E-state index in [2.05, 4.69) is 0 Å². The summed E-state index contributed by atoms with van der Waals surface area (Å²) >= 11 is 0. The van der Waals surface area contributed by atoms with Crippen molar-refractivity contribution in [2.24, 2.45) is 0 Å². The highest BCUT2D eigenvalue weighted by molar-refractivity contribution is 6.75. The normalized spacial score (nSPS) is 12.7. The average molecular weight is 285 g/mol. The lowest BCUT2D eigenvalue weighted by Gasteiger charge is -2.34. The van der Waals surface area contributed by atoms with Gasteiger partial charge in [-0.25, -0.2) is 15.2 Å². The number of hydroxylamine groups is 6. The van der Waals surface area contributed by atoms with Gasteiger partial charge in [-0.1, -0.05) is 30.3 Å². The molecule has 0 saturated heterocycles. The summed E-state index contributed by atoms with van der Waals surface area (Å²) in [6, 6.07) is 9.72. The van der Waals surface area contributed by atoms with E-state index in [9.17, 15) is 0 Å². The van der Waals surface area contributed by atoms with Crippen LogP contribution < -0.4 is 5.19 Å². The molecule has 1 aromatic rings. The Kier molecular flexibility index (Phi) is 6.08. The second kappa shape index (κ2) is 7.11. The molecule has 0 amide bonds. The highest BCUT2D eigenvalue weighted by Crippen LogP contribution is 2.13. The van der Waals surface area contributed by atoms with Crippen molar-refractivity contribution in [3.8, 4) is 0 Å². The Morgan fingerprint density at radius 2 is 1.05 bits per heavy atom. The number of nitrogens with zero attached hydrogens (tertiary/aromatic N) is 3. The van der Waals surface area contributed by atoms with E-state index in [0.29, 0.717) is 0 Å². The molecule has 108 valence electrons. The van der Waals surface area contributed by atoms with Gasteiger partial charge in [0.05, 0.1) is 0 Å². The fourth-order valence-corrected chi connectivity index (χ4v) is 4.03. The van der Waals surface area contributed by atoms with Crippen molar-refractivity contribution in [1.82, 2.24) is 15.2 Å². The molecule has 0 atom stereocenters. The minimum Gasteiger partial charge on any atom is -0.281 e. The molecule has 0 aliphatic rings. The van der Waals surface area contributed by atoms with Crippen LogP contribution in [0.3, 0.4) is 0 Å². The topological polar surface area (TPSA) is 37.4 Å². The first-order valence-corrected chi connectivity index (χ1v) is 7.73. The van der Waals surface area contributed by atoms with Gasteiger partial charge in [0.15, 0.2) is 0 Å². The third-order valence-corrected chi connectivity index (χ3v) is 4.89. The smallest absolute Gasteiger partial charge is 0.281 e. The predicted molar refractivity (Wildman–Crippen MR) is 76.1 cm³/mol. The lowest BCUT2D eigenvalue weighted by molar-refractivity contribution is -0.185. The molecule has 0 aliphatic heterocycles. The molecule has 0 fully saturated rings. The molecule has 0 aliphatic carbocycles. The van der Waals surface area contributed by atoms with E-state index in [1.165, 1.54) is 0 Å². The van der Waals surface area contributed by atoms with Crippen LogP contribution in [-0.4, -0.2) is 66.3 Å². The number of hydrogen-bond donors (Lipinski definition) is 0. The molecule has 6 nitrogen and oxygen atoms in total. The maximum Gasteiger partial charge on any atom is 0.588 e. The van der Waals surface area contributed by atoms with E-state index in [1.54, 1.807) is 15.2 Å². The molecule has 0 N–H and O–H groups in total. The summed E-state index contributed by atoms with van der Waals surface area (Å²) in [6.45, 7) is 0. The van der Waals surface area contributed by atoms with E-state index in [4.69, 9.17) is 13.6 Å². The molecule has 0 spiro atoms. The van der Waals surface area contributed by atoms with Crippen LogP contribution in [0.15, 0.2) is 30.3 Å². The maximum absolute atomic E-state index is 5.89. The first-order valence-electron chi connectivity index (χ1n) is 6.00. The predicted octanol–water partition coefficient (Wildman–Crippen LogP) is 0.312. The molecule has 0 heterocycles. The van der Waals surface area contributed by atoms with Crippen molar-refractivity contribution < 1.29 is 13.6 Å². The molecular weight excluding hydrogens is 262 g/mol. The molecule has 0 aromatic heterocycles. The molecule has 0 saturated carbocycles. The SMILES string of the molecule is CN(C)O[Si](ON(C)C)(ON(C)C)c1ccccc1. The molecule has 0 radical (unpaired) electrons. The van der Waals surface area contributed by atoms with Gasteiger partial charge in [0.1, 0.15) is 0 Å². The Hall–Kier alpha value is -0.803. The zero-order valence-electron chi connectivity index (χ0n) is 12.5. The van der Waals surface area contributed by atoms with E-state index in [1.807, 2.05) is 72.6 Å². The summed E-state index contributed by atoms with van der Waals surface area (Å²) < 4.78 is 17.7. The van der Waals surface area contributed by atoms with Crippen molar-refractivity contribution in [2.75, 3.05) is 42.3 Å². The Bertz CT molecular complexity index is 347. The molecular formula is C12H23N3O3Si. The van der Waals surface area contributed by atoms with Crippen molar-refractivity contribution in [1.29, 1.82) is 0 Å². The van der Waals surface area contributed by atoms with Crippen LogP contribution in [0.2, 0.25) is 0 Å². The third-order valence-electron chi connectivity index (χ3n) is 2.04. The number of rotatable bonds is 7. The van der Waals surface area contributed by atoms with Crippen LogP contribution in [0.4, 0.5) is 0 Å². The zero-order chi connectivity index (χ0) is 14.5. The van der Waals surface area contributed by atoms with Crippen LogP contribution in [-0.2, 0) is 13.6 Å². The standard InChI is InChI=1S/C12H23N3O3Si/c1-13(2)16-19(17-14(3)4,18-15(5)6)12-10-8-7-9-11-12/h7-11H,1-6H3. The fraction of sp³-hybridized carbons (Fsp3) is 0.500. The van der Waals surface area contributed by atoms with E-state index in [-0.39, 0.29) is 0 Å². The van der Waals surface area contributed by atoms with Gasteiger partial charge in [0.25, 0.3) is 0 Å². The van der Waals surface area contributed by atoms with E-state index >= 15 is 0 Å². The fourth-order valence-electron chi connectivity index (χ4n) is 1.57. The molecule has 19 heavy (non-hydrogen) atoms. The number of benzene rings is 1. The molecule has 0 bridgehead atoms. The van der Waals surface area contributed by atoms with Gasteiger partial charge in [-0.3, -0.25) is 13.6 Å². The van der Waals surface area contributed by atoms with Gasteiger partial charge in [0.2, 0.25) is 0 Å². The Morgan fingerprint density at radius 1 is 0.684 bits per heavy atom. The molecule has 1 rings (SSSR count). The third kappa shape index (κ3) is 5.00. The van der Waals surface area contributed by atoms with Crippen molar-refractivity contribution >= 4 is 14.0 Å². The zero-order valence-corrected chi connectivity index (χ0v) is 13.5. The van der Waals surface area contributed by atoms with Crippen LogP contribution in [0, 0.1) is 0 Å². The van der Waals surface area contributed by atoms with Crippen molar-refractivity contribution in [2.45, 2.75) is 0 Å². The Morgan fingerprint density at radius 3 is 1.37 bits per heavy atom. The molecule has 0 unspecified atom stereocenters. The van der Waals surface area contributed by atoms with Crippen molar-refractivity contribution in [3.05, 3.63) is 30.3 Å². The summed E-state index contributed by atoms with van der Waals surface area (Å²) in [6.07, 6.45) is 0. The average Bonchev–Trinajstić information content (AvgIpc) is 2.27. The summed E-state index contributed by atoms with van der Waals surface area (Å²) in [5.41, 5.74) is 0. The molecule has 1 aromatic carbocycles.